The number of benzene rings is 1. The lowest BCUT2D eigenvalue weighted by atomic mass is 9.84. The maximum absolute atomic E-state index is 12.2. The Kier molecular flexibility index (Phi) is 4.47. The summed E-state index contributed by atoms with van der Waals surface area (Å²) in [6.07, 6.45) is -2.20. The lowest BCUT2D eigenvalue weighted by Crippen LogP contribution is -2.51. The highest BCUT2D eigenvalue weighted by atomic mass is 19.4. The standard InChI is InChI=1S/C18H23F3N2O2/c1-16(2,3)23-10-8-17(9-11-23)12-15(22-25-17)13-4-6-14(7-5-13)24-18(19,20)21/h4-7H,8-12H2,1-3H3. The zero-order chi connectivity index (χ0) is 18.3. The summed E-state index contributed by atoms with van der Waals surface area (Å²) in [5, 5.41) is 4.21. The van der Waals surface area contributed by atoms with E-state index in [1.807, 2.05) is 0 Å². The lowest BCUT2D eigenvalue weighted by molar-refractivity contribution is -0.274. The van der Waals surface area contributed by atoms with Crippen molar-refractivity contribution in [1.82, 2.24) is 4.90 Å². The first-order valence-corrected chi connectivity index (χ1v) is 8.43. The van der Waals surface area contributed by atoms with Crippen LogP contribution in [0.15, 0.2) is 29.4 Å². The summed E-state index contributed by atoms with van der Waals surface area (Å²) in [4.78, 5) is 8.20. The summed E-state index contributed by atoms with van der Waals surface area (Å²) < 4.78 is 40.6. The highest BCUT2D eigenvalue weighted by molar-refractivity contribution is 6.01. The second-order valence-electron chi connectivity index (χ2n) is 7.72. The molecule has 0 aromatic heterocycles. The number of hydrogen-bond donors (Lipinski definition) is 0. The predicted octanol–water partition coefficient (Wildman–Crippen LogP) is 4.34. The number of likely N-dealkylation sites (tertiary alicyclic amines) is 1. The molecule has 0 N–H and O–H groups in total. The van der Waals surface area contributed by atoms with E-state index in [0.717, 1.165) is 37.2 Å². The van der Waals surface area contributed by atoms with Crippen LogP contribution in [0.2, 0.25) is 0 Å². The molecule has 0 radical (unpaired) electrons. The summed E-state index contributed by atoms with van der Waals surface area (Å²) in [7, 11) is 0. The molecule has 7 heteroatoms. The molecule has 3 rings (SSSR count). The molecule has 138 valence electrons. The molecule has 0 saturated carbocycles. The van der Waals surface area contributed by atoms with Crippen LogP contribution in [0.4, 0.5) is 13.2 Å². The van der Waals surface area contributed by atoms with E-state index >= 15 is 0 Å². The SMILES string of the molecule is CC(C)(C)N1CCC2(CC1)CC(c1ccc(OC(F)(F)F)cc1)=NO2. The first-order valence-electron chi connectivity index (χ1n) is 8.43. The van der Waals surface area contributed by atoms with E-state index in [9.17, 15) is 13.2 Å². The quantitative estimate of drug-likeness (QED) is 0.790. The average Bonchev–Trinajstić information content (AvgIpc) is 2.90. The summed E-state index contributed by atoms with van der Waals surface area (Å²) in [5.74, 6) is -0.232. The van der Waals surface area contributed by atoms with Crippen LogP contribution in [0.3, 0.4) is 0 Å². The van der Waals surface area contributed by atoms with E-state index in [1.165, 1.54) is 12.1 Å². The Morgan fingerprint density at radius 3 is 2.20 bits per heavy atom. The van der Waals surface area contributed by atoms with Gasteiger partial charge in [0.15, 0.2) is 0 Å². The molecule has 1 spiro atoms. The third kappa shape index (κ3) is 4.26. The Morgan fingerprint density at radius 2 is 1.68 bits per heavy atom. The fourth-order valence-electron chi connectivity index (χ4n) is 3.38. The Hall–Kier alpha value is -1.76. The van der Waals surface area contributed by atoms with Gasteiger partial charge in [0.05, 0.1) is 5.71 Å². The Morgan fingerprint density at radius 1 is 1.08 bits per heavy atom. The third-order valence-electron chi connectivity index (χ3n) is 4.88. The lowest BCUT2D eigenvalue weighted by Gasteiger charge is -2.43. The molecule has 1 fully saturated rings. The van der Waals surface area contributed by atoms with Gasteiger partial charge in [-0.05, 0) is 50.6 Å². The number of piperidine rings is 1. The van der Waals surface area contributed by atoms with Gasteiger partial charge in [-0.15, -0.1) is 13.2 Å². The maximum atomic E-state index is 12.2. The Balaban J connectivity index is 1.61. The molecule has 0 amide bonds. The second kappa shape index (κ2) is 6.20. The largest absolute Gasteiger partial charge is 0.573 e. The van der Waals surface area contributed by atoms with E-state index < -0.39 is 6.36 Å². The van der Waals surface area contributed by atoms with Crippen LogP contribution in [-0.2, 0) is 4.84 Å². The second-order valence-corrected chi connectivity index (χ2v) is 7.72. The van der Waals surface area contributed by atoms with Crippen LogP contribution in [0, 0.1) is 0 Å². The molecule has 2 aliphatic rings. The highest BCUT2D eigenvalue weighted by Crippen LogP contribution is 2.38. The molecule has 0 bridgehead atoms. The molecule has 1 aromatic carbocycles. The first-order chi connectivity index (χ1) is 11.6. The van der Waals surface area contributed by atoms with E-state index in [1.54, 1.807) is 12.1 Å². The molecule has 25 heavy (non-hydrogen) atoms. The van der Waals surface area contributed by atoms with Gasteiger partial charge in [0.1, 0.15) is 11.4 Å². The molecule has 0 unspecified atom stereocenters. The Labute approximate surface area is 145 Å². The van der Waals surface area contributed by atoms with Crippen molar-refractivity contribution in [2.24, 2.45) is 5.16 Å². The highest BCUT2D eigenvalue weighted by Gasteiger charge is 2.43. The van der Waals surface area contributed by atoms with Gasteiger partial charge in [-0.1, -0.05) is 5.16 Å². The van der Waals surface area contributed by atoms with Crippen LogP contribution in [0.1, 0.15) is 45.6 Å². The first kappa shape index (κ1) is 18.0. The maximum Gasteiger partial charge on any atom is 0.573 e. The number of halogens is 3. The molecule has 2 heterocycles. The number of rotatable bonds is 2. The van der Waals surface area contributed by atoms with Gasteiger partial charge in [-0.25, -0.2) is 0 Å². The van der Waals surface area contributed by atoms with Crippen molar-refractivity contribution in [1.29, 1.82) is 0 Å². The molecule has 0 atom stereocenters. The van der Waals surface area contributed by atoms with E-state index in [4.69, 9.17) is 4.84 Å². The molecule has 1 aromatic rings. The fourth-order valence-corrected chi connectivity index (χ4v) is 3.38. The minimum atomic E-state index is -4.68. The van der Waals surface area contributed by atoms with Gasteiger partial charge >= 0.3 is 6.36 Å². The molecular weight excluding hydrogens is 333 g/mol. The fraction of sp³-hybridized carbons (Fsp3) is 0.611. The summed E-state index contributed by atoms with van der Waals surface area (Å²) >= 11 is 0. The zero-order valence-electron chi connectivity index (χ0n) is 14.7. The predicted molar refractivity (Wildman–Crippen MR) is 88.7 cm³/mol. The van der Waals surface area contributed by atoms with Gasteiger partial charge < -0.3 is 9.57 Å². The van der Waals surface area contributed by atoms with Crippen molar-refractivity contribution < 1.29 is 22.7 Å². The molecule has 1 saturated heterocycles. The van der Waals surface area contributed by atoms with Crippen LogP contribution in [-0.4, -0.2) is 41.2 Å². The van der Waals surface area contributed by atoms with Crippen molar-refractivity contribution in [2.75, 3.05) is 13.1 Å². The molecule has 2 aliphatic heterocycles. The number of alkyl halides is 3. The van der Waals surface area contributed by atoms with Gasteiger partial charge in [-0.3, -0.25) is 4.90 Å². The minimum absolute atomic E-state index is 0.137. The number of oxime groups is 1. The van der Waals surface area contributed by atoms with Gasteiger partial charge in [0.2, 0.25) is 0 Å². The Bertz CT molecular complexity index is 640. The van der Waals surface area contributed by atoms with Crippen molar-refractivity contribution in [2.45, 2.75) is 57.5 Å². The van der Waals surface area contributed by atoms with E-state index in [-0.39, 0.29) is 16.9 Å². The van der Waals surface area contributed by atoms with Crippen molar-refractivity contribution in [3.05, 3.63) is 29.8 Å². The van der Waals surface area contributed by atoms with E-state index in [0.29, 0.717) is 6.42 Å². The van der Waals surface area contributed by atoms with Crippen molar-refractivity contribution in [3.63, 3.8) is 0 Å². The molecule has 0 aliphatic carbocycles. The van der Waals surface area contributed by atoms with Crippen LogP contribution < -0.4 is 4.74 Å². The average molecular weight is 356 g/mol. The topological polar surface area (TPSA) is 34.1 Å². The number of ether oxygens (including phenoxy) is 1. The van der Waals surface area contributed by atoms with Crippen LogP contribution in [0.25, 0.3) is 0 Å². The minimum Gasteiger partial charge on any atom is -0.406 e. The van der Waals surface area contributed by atoms with Gasteiger partial charge in [0, 0.05) is 37.9 Å². The smallest absolute Gasteiger partial charge is 0.406 e. The molecule has 4 nitrogen and oxygen atoms in total. The number of nitrogens with zero attached hydrogens (tertiary/aromatic N) is 2. The van der Waals surface area contributed by atoms with Gasteiger partial charge in [-0.2, -0.15) is 0 Å². The summed E-state index contributed by atoms with van der Waals surface area (Å²) in [5.41, 5.74) is 1.41. The van der Waals surface area contributed by atoms with Crippen molar-refractivity contribution in [3.8, 4) is 5.75 Å². The summed E-state index contributed by atoms with van der Waals surface area (Å²) in [6.45, 7) is 8.50. The van der Waals surface area contributed by atoms with E-state index in [2.05, 4.69) is 35.6 Å². The molecular formula is C18H23F3N2O2. The summed E-state index contributed by atoms with van der Waals surface area (Å²) in [6, 6.07) is 5.79. The normalized spacial score (nSPS) is 21.1. The van der Waals surface area contributed by atoms with Crippen molar-refractivity contribution >= 4 is 5.71 Å². The van der Waals surface area contributed by atoms with Crippen LogP contribution >= 0.6 is 0 Å². The van der Waals surface area contributed by atoms with Gasteiger partial charge in [0.25, 0.3) is 0 Å². The third-order valence-corrected chi connectivity index (χ3v) is 4.88. The zero-order valence-corrected chi connectivity index (χ0v) is 14.7. The number of hydrogen-bond acceptors (Lipinski definition) is 4. The monoisotopic (exact) mass is 356 g/mol. The van der Waals surface area contributed by atoms with Crippen LogP contribution in [0.5, 0.6) is 5.75 Å².